The van der Waals surface area contributed by atoms with Crippen molar-refractivity contribution in [2.75, 3.05) is 5.32 Å². The zero-order chi connectivity index (χ0) is 20.2. The number of aliphatic imine (C=N–C) groups is 1. The molecule has 1 aromatic heterocycles. The van der Waals surface area contributed by atoms with Gasteiger partial charge < -0.3 is 10.4 Å². The summed E-state index contributed by atoms with van der Waals surface area (Å²) in [6.07, 6.45) is 5.34. The highest BCUT2D eigenvalue weighted by Crippen LogP contribution is 2.29. The predicted octanol–water partition coefficient (Wildman–Crippen LogP) is 3.58. The van der Waals surface area contributed by atoms with Crippen molar-refractivity contribution in [3.63, 3.8) is 0 Å². The van der Waals surface area contributed by atoms with Crippen molar-refractivity contribution < 1.29 is 14.7 Å². The predicted molar refractivity (Wildman–Crippen MR) is 113 cm³/mol. The summed E-state index contributed by atoms with van der Waals surface area (Å²) in [4.78, 5) is 27.6. The lowest BCUT2D eigenvalue weighted by Crippen LogP contribution is -2.05. The number of hydrogen-bond donors (Lipinski definition) is 2. The van der Waals surface area contributed by atoms with Crippen LogP contribution in [-0.2, 0) is 16.0 Å². The van der Waals surface area contributed by atoms with E-state index in [0.717, 1.165) is 16.9 Å². The van der Waals surface area contributed by atoms with Gasteiger partial charge in [0.15, 0.2) is 5.17 Å². The van der Waals surface area contributed by atoms with Crippen LogP contribution in [0.2, 0.25) is 0 Å². The summed E-state index contributed by atoms with van der Waals surface area (Å²) in [5.41, 5.74) is 3.22. The number of carboxylic acids is 1. The summed E-state index contributed by atoms with van der Waals surface area (Å²) in [6.45, 7) is 0. The van der Waals surface area contributed by atoms with Crippen LogP contribution in [0.3, 0.4) is 0 Å². The van der Waals surface area contributed by atoms with E-state index in [2.05, 4.69) is 15.4 Å². The number of hydrogen-bond acceptors (Lipinski definition) is 5. The Bertz CT molecular complexity index is 1120. The number of anilines is 1. The normalized spacial score (nSPS) is 14.8. The van der Waals surface area contributed by atoms with E-state index in [1.165, 1.54) is 11.8 Å². The van der Waals surface area contributed by atoms with Crippen molar-refractivity contribution >= 4 is 40.6 Å². The topological polar surface area (TPSA) is 96.6 Å². The van der Waals surface area contributed by atoms with Crippen molar-refractivity contribution in [3.8, 4) is 5.69 Å². The molecule has 1 aliphatic heterocycles. The van der Waals surface area contributed by atoms with Gasteiger partial charge in [-0.05, 0) is 59.3 Å². The Hall–Kier alpha value is -3.65. The fourth-order valence-electron chi connectivity index (χ4n) is 2.80. The molecule has 0 saturated heterocycles. The van der Waals surface area contributed by atoms with Crippen LogP contribution in [0.25, 0.3) is 11.8 Å². The highest BCUT2D eigenvalue weighted by molar-refractivity contribution is 8.18. The van der Waals surface area contributed by atoms with Crippen LogP contribution in [0.1, 0.15) is 11.1 Å². The number of rotatable bonds is 5. The number of carbonyl (C=O) groups is 2. The Labute approximate surface area is 170 Å². The summed E-state index contributed by atoms with van der Waals surface area (Å²) in [6, 6.07) is 16.6. The summed E-state index contributed by atoms with van der Waals surface area (Å²) in [7, 11) is 0. The van der Waals surface area contributed by atoms with Crippen LogP contribution in [0.4, 0.5) is 5.69 Å². The molecule has 0 bridgehead atoms. The van der Waals surface area contributed by atoms with Gasteiger partial charge in [0, 0.05) is 18.1 Å². The Balaban J connectivity index is 1.45. The first kappa shape index (κ1) is 18.7. The lowest BCUT2D eigenvalue weighted by atomic mass is 10.1. The molecule has 0 spiro atoms. The number of carboxylic acid groups (broad SMARTS) is 1. The van der Waals surface area contributed by atoms with Crippen LogP contribution in [-0.4, -0.2) is 31.9 Å². The highest BCUT2D eigenvalue weighted by Gasteiger charge is 2.22. The minimum absolute atomic E-state index is 0.0288. The summed E-state index contributed by atoms with van der Waals surface area (Å²) >= 11 is 1.26. The number of amides is 1. The largest absolute Gasteiger partial charge is 0.481 e. The van der Waals surface area contributed by atoms with Gasteiger partial charge in [0.05, 0.1) is 17.0 Å². The summed E-state index contributed by atoms with van der Waals surface area (Å²) in [5, 5.41) is 16.6. The van der Waals surface area contributed by atoms with Gasteiger partial charge in [-0.15, -0.1) is 0 Å². The minimum atomic E-state index is -0.876. The van der Waals surface area contributed by atoms with Gasteiger partial charge in [-0.1, -0.05) is 24.3 Å². The molecule has 4 rings (SSSR count). The molecular formula is C21H16N4O3S. The Kier molecular flexibility index (Phi) is 5.26. The van der Waals surface area contributed by atoms with E-state index in [-0.39, 0.29) is 12.3 Å². The number of benzene rings is 2. The van der Waals surface area contributed by atoms with E-state index < -0.39 is 5.97 Å². The molecule has 0 radical (unpaired) electrons. The average molecular weight is 404 g/mol. The van der Waals surface area contributed by atoms with Crippen LogP contribution in [0, 0.1) is 0 Å². The fraction of sp³-hybridized carbons (Fsp3) is 0.0476. The second-order valence-corrected chi connectivity index (χ2v) is 7.30. The van der Waals surface area contributed by atoms with Gasteiger partial charge in [-0.25, -0.2) is 4.68 Å². The first-order valence-electron chi connectivity index (χ1n) is 8.77. The Morgan fingerprint density at radius 2 is 2.00 bits per heavy atom. The lowest BCUT2D eigenvalue weighted by molar-refractivity contribution is -0.136. The first-order chi connectivity index (χ1) is 14.1. The third-order valence-corrected chi connectivity index (χ3v) is 5.02. The van der Waals surface area contributed by atoms with Crippen LogP contribution >= 0.6 is 11.8 Å². The molecule has 3 aromatic rings. The second kappa shape index (κ2) is 8.15. The van der Waals surface area contributed by atoms with Crippen molar-refractivity contribution in [2.24, 2.45) is 4.99 Å². The van der Waals surface area contributed by atoms with E-state index in [0.29, 0.717) is 15.6 Å². The zero-order valence-electron chi connectivity index (χ0n) is 15.1. The van der Waals surface area contributed by atoms with Crippen LogP contribution < -0.4 is 5.32 Å². The number of amidine groups is 1. The van der Waals surface area contributed by atoms with Gasteiger partial charge in [0.2, 0.25) is 0 Å². The van der Waals surface area contributed by atoms with E-state index in [1.807, 2.05) is 36.5 Å². The van der Waals surface area contributed by atoms with Crippen molar-refractivity contribution in [3.05, 3.63) is 83.0 Å². The first-order valence-corrected chi connectivity index (χ1v) is 9.59. The number of carbonyl (C=O) groups excluding carboxylic acids is 1. The molecule has 0 atom stereocenters. The molecule has 1 amide bonds. The van der Waals surface area contributed by atoms with Crippen molar-refractivity contribution in [1.82, 2.24) is 9.78 Å². The van der Waals surface area contributed by atoms with Gasteiger partial charge in [0.1, 0.15) is 0 Å². The zero-order valence-corrected chi connectivity index (χ0v) is 16.0. The quantitative estimate of drug-likeness (QED) is 0.631. The molecule has 7 nitrogen and oxygen atoms in total. The standard InChI is InChI=1S/C21H16N4O3S/c26-19(27)13-14-5-7-16(8-6-14)23-21-24-20(28)18(29-21)12-15-3-1-4-17(11-15)25-10-2-9-22-25/h1-12H,13H2,(H,26,27)(H,23,24,28). The van der Waals surface area contributed by atoms with E-state index in [1.54, 1.807) is 41.2 Å². The maximum Gasteiger partial charge on any atom is 0.307 e. The molecule has 29 heavy (non-hydrogen) atoms. The number of nitrogens with zero attached hydrogens (tertiary/aromatic N) is 3. The molecule has 2 N–H and O–H groups in total. The van der Waals surface area contributed by atoms with Crippen molar-refractivity contribution in [2.45, 2.75) is 6.42 Å². The van der Waals surface area contributed by atoms with Crippen LogP contribution in [0.15, 0.2) is 76.9 Å². The molecule has 1 aliphatic rings. The minimum Gasteiger partial charge on any atom is -0.481 e. The monoisotopic (exact) mass is 404 g/mol. The lowest BCUT2D eigenvalue weighted by Gasteiger charge is -2.05. The highest BCUT2D eigenvalue weighted by atomic mass is 32.2. The van der Waals surface area contributed by atoms with Crippen molar-refractivity contribution in [1.29, 1.82) is 0 Å². The molecule has 8 heteroatoms. The average Bonchev–Trinajstić information content (AvgIpc) is 3.34. The third kappa shape index (κ3) is 4.61. The SMILES string of the molecule is O=C(O)Cc1ccc(NC2=NC(=O)C(=Cc3cccc(-n4cccn4)c3)S2)cc1. The second-order valence-electron chi connectivity index (χ2n) is 6.27. The Morgan fingerprint density at radius 1 is 1.17 bits per heavy atom. The van der Waals surface area contributed by atoms with Gasteiger partial charge in [0.25, 0.3) is 5.91 Å². The van der Waals surface area contributed by atoms with E-state index in [9.17, 15) is 9.59 Å². The van der Waals surface area contributed by atoms with Gasteiger partial charge in [-0.2, -0.15) is 10.1 Å². The molecule has 2 aromatic carbocycles. The third-order valence-electron chi connectivity index (χ3n) is 4.12. The summed E-state index contributed by atoms with van der Waals surface area (Å²) < 4.78 is 1.75. The van der Waals surface area contributed by atoms with Gasteiger partial charge >= 0.3 is 5.97 Å². The summed E-state index contributed by atoms with van der Waals surface area (Å²) in [5.74, 6) is -1.18. The molecular weight excluding hydrogens is 388 g/mol. The van der Waals surface area contributed by atoms with E-state index >= 15 is 0 Å². The smallest absolute Gasteiger partial charge is 0.307 e. The molecule has 0 saturated carbocycles. The number of nitrogens with one attached hydrogen (secondary N) is 1. The van der Waals surface area contributed by atoms with E-state index in [4.69, 9.17) is 5.11 Å². The Morgan fingerprint density at radius 3 is 2.72 bits per heavy atom. The molecule has 0 aliphatic carbocycles. The fourth-order valence-corrected chi connectivity index (χ4v) is 3.63. The molecule has 144 valence electrons. The van der Waals surface area contributed by atoms with Crippen LogP contribution in [0.5, 0.6) is 0 Å². The number of aromatic nitrogens is 2. The maximum atomic E-state index is 12.3. The maximum absolute atomic E-state index is 12.3. The van der Waals surface area contributed by atoms with Gasteiger partial charge in [-0.3, -0.25) is 9.59 Å². The number of thioether (sulfide) groups is 1. The molecule has 0 fully saturated rings. The molecule has 2 heterocycles. The number of aliphatic carboxylic acids is 1. The molecule has 0 unspecified atom stereocenters.